The second-order valence-electron chi connectivity index (χ2n) is 6.99. The highest BCUT2D eigenvalue weighted by Gasteiger charge is 2.44. The van der Waals surface area contributed by atoms with Gasteiger partial charge in [-0.1, -0.05) is 12.1 Å². The van der Waals surface area contributed by atoms with Crippen molar-refractivity contribution in [2.75, 3.05) is 26.8 Å². The molecule has 140 valence electrons. The Bertz CT molecular complexity index is 719. The molecule has 1 atom stereocenters. The van der Waals surface area contributed by atoms with E-state index in [1.165, 1.54) is 18.2 Å². The molecule has 1 aliphatic heterocycles. The Labute approximate surface area is 153 Å². The van der Waals surface area contributed by atoms with E-state index in [1.807, 2.05) is 4.90 Å². The van der Waals surface area contributed by atoms with E-state index in [-0.39, 0.29) is 17.2 Å². The van der Waals surface area contributed by atoms with Gasteiger partial charge in [0.05, 0.1) is 6.61 Å². The lowest BCUT2D eigenvalue weighted by molar-refractivity contribution is -0.134. The van der Waals surface area contributed by atoms with E-state index < -0.39 is 5.82 Å². The topological polar surface area (TPSA) is 58.6 Å². The van der Waals surface area contributed by atoms with Crippen LogP contribution in [0, 0.1) is 11.2 Å². The maximum absolute atomic E-state index is 13.4. The number of hydrogen-bond acceptors (Lipinski definition) is 3. The van der Waals surface area contributed by atoms with Gasteiger partial charge in [0, 0.05) is 43.3 Å². The van der Waals surface area contributed by atoms with E-state index in [0.717, 1.165) is 31.4 Å². The summed E-state index contributed by atoms with van der Waals surface area (Å²) >= 11 is 0. The van der Waals surface area contributed by atoms with E-state index in [0.29, 0.717) is 31.7 Å². The summed E-state index contributed by atoms with van der Waals surface area (Å²) in [7, 11) is 1.62. The lowest BCUT2D eigenvalue weighted by Crippen LogP contribution is -2.51. The number of ether oxygens (including phenoxy) is 1. The van der Waals surface area contributed by atoms with Crippen LogP contribution in [0.2, 0.25) is 0 Å². The van der Waals surface area contributed by atoms with Gasteiger partial charge >= 0.3 is 0 Å². The molecule has 1 aromatic rings. The standard InChI is InChI=1S/C20H25FN2O3/c1-26-12-11-23-17-7-2-3-9-20(17,10-8-18(23)24)14-22-19(25)15-5-4-6-16(21)13-15/h4-7,13H,2-3,8-12,14H2,1H3,(H,22,25). The molecule has 1 heterocycles. The SMILES string of the molecule is COCCN1C(=O)CCC2(CNC(=O)c3cccc(F)c3)CCCC=C12. The molecule has 0 spiro atoms. The first-order valence-corrected chi connectivity index (χ1v) is 9.09. The summed E-state index contributed by atoms with van der Waals surface area (Å²) in [5.41, 5.74) is 1.09. The van der Waals surface area contributed by atoms with Crippen molar-refractivity contribution in [2.24, 2.45) is 5.41 Å². The van der Waals surface area contributed by atoms with Crippen LogP contribution >= 0.6 is 0 Å². The number of benzene rings is 1. The molecule has 3 rings (SSSR count). The minimum absolute atomic E-state index is 0.113. The lowest BCUT2D eigenvalue weighted by Gasteiger charge is -2.47. The van der Waals surface area contributed by atoms with Crippen LogP contribution in [-0.2, 0) is 9.53 Å². The molecule has 0 radical (unpaired) electrons. The third kappa shape index (κ3) is 3.80. The van der Waals surface area contributed by atoms with Gasteiger partial charge < -0.3 is 15.0 Å². The minimum Gasteiger partial charge on any atom is -0.383 e. The molecule has 1 aromatic carbocycles. The maximum atomic E-state index is 13.4. The van der Waals surface area contributed by atoms with Gasteiger partial charge in [0.25, 0.3) is 5.91 Å². The van der Waals surface area contributed by atoms with Crippen LogP contribution in [0.4, 0.5) is 4.39 Å². The molecule has 1 aliphatic carbocycles. The molecule has 0 saturated carbocycles. The van der Waals surface area contributed by atoms with Crippen molar-refractivity contribution < 1.29 is 18.7 Å². The van der Waals surface area contributed by atoms with Crippen molar-refractivity contribution in [2.45, 2.75) is 32.1 Å². The molecule has 0 bridgehead atoms. The van der Waals surface area contributed by atoms with Gasteiger partial charge in [-0.25, -0.2) is 4.39 Å². The van der Waals surface area contributed by atoms with E-state index in [1.54, 1.807) is 13.2 Å². The van der Waals surface area contributed by atoms with E-state index in [4.69, 9.17) is 4.74 Å². The number of amides is 2. The minimum atomic E-state index is -0.428. The molecule has 1 N–H and O–H groups in total. The van der Waals surface area contributed by atoms with E-state index in [9.17, 15) is 14.0 Å². The van der Waals surface area contributed by atoms with Crippen LogP contribution in [0.5, 0.6) is 0 Å². The first kappa shape index (κ1) is 18.6. The normalized spacial score (nSPS) is 22.6. The molecule has 5 nitrogen and oxygen atoms in total. The number of allylic oxidation sites excluding steroid dienone is 1. The average Bonchev–Trinajstić information content (AvgIpc) is 2.65. The Balaban J connectivity index is 1.76. The zero-order valence-corrected chi connectivity index (χ0v) is 15.1. The van der Waals surface area contributed by atoms with E-state index >= 15 is 0 Å². The van der Waals surface area contributed by atoms with Crippen molar-refractivity contribution in [1.29, 1.82) is 0 Å². The molecule has 1 saturated heterocycles. The molecule has 0 aromatic heterocycles. The Kier molecular flexibility index (Phi) is 5.71. The number of halogens is 1. The Morgan fingerprint density at radius 1 is 1.38 bits per heavy atom. The van der Waals surface area contributed by atoms with Gasteiger partial charge in [0.15, 0.2) is 0 Å². The molecule has 6 heteroatoms. The third-order valence-electron chi connectivity index (χ3n) is 5.34. The van der Waals surface area contributed by atoms with Gasteiger partial charge in [0.2, 0.25) is 5.91 Å². The van der Waals surface area contributed by atoms with Crippen LogP contribution in [0.15, 0.2) is 36.0 Å². The number of fused-ring (bicyclic) bond motifs is 1. The molecule has 1 unspecified atom stereocenters. The predicted molar refractivity (Wildman–Crippen MR) is 95.9 cm³/mol. The summed E-state index contributed by atoms with van der Waals surface area (Å²) in [6, 6.07) is 5.68. The van der Waals surface area contributed by atoms with Gasteiger partial charge in [-0.15, -0.1) is 0 Å². The van der Waals surface area contributed by atoms with Crippen LogP contribution in [0.3, 0.4) is 0 Å². The molecule has 2 amide bonds. The van der Waals surface area contributed by atoms with Gasteiger partial charge in [-0.2, -0.15) is 0 Å². The second-order valence-corrected chi connectivity index (χ2v) is 6.99. The summed E-state index contributed by atoms with van der Waals surface area (Å²) in [6.07, 6.45) is 6.22. The van der Waals surface area contributed by atoms with Crippen molar-refractivity contribution in [3.05, 3.63) is 47.4 Å². The quantitative estimate of drug-likeness (QED) is 0.849. The first-order valence-electron chi connectivity index (χ1n) is 9.09. The lowest BCUT2D eigenvalue weighted by atomic mass is 9.69. The maximum Gasteiger partial charge on any atom is 0.251 e. The summed E-state index contributed by atoms with van der Waals surface area (Å²) < 4.78 is 18.5. The zero-order chi connectivity index (χ0) is 18.6. The highest BCUT2D eigenvalue weighted by Crippen LogP contribution is 2.46. The molecule has 26 heavy (non-hydrogen) atoms. The fraction of sp³-hybridized carbons (Fsp3) is 0.500. The number of hydrogen-bond donors (Lipinski definition) is 1. The van der Waals surface area contributed by atoms with Crippen LogP contribution in [0.1, 0.15) is 42.5 Å². The number of nitrogens with one attached hydrogen (secondary N) is 1. The Morgan fingerprint density at radius 3 is 3.00 bits per heavy atom. The zero-order valence-electron chi connectivity index (χ0n) is 15.1. The average molecular weight is 360 g/mol. The van der Waals surface area contributed by atoms with Gasteiger partial charge in [0.1, 0.15) is 5.82 Å². The number of methoxy groups -OCH3 is 1. The van der Waals surface area contributed by atoms with Gasteiger partial charge in [-0.3, -0.25) is 9.59 Å². The fourth-order valence-electron chi connectivity index (χ4n) is 3.97. The van der Waals surface area contributed by atoms with Gasteiger partial charge in [-0.05, 0) is 43.9 Å². The largest absolute Gasteiger partial charge is 0.383 e. The summed E-state index contributed by atoms with van der Waals surface area (Å²) in [4.78, 5) is 26.6. The van der Waals surface area contributed by atoms with E-state index in [2.05, 4.69) is 11.4 Å². The number of piperidine rings is 1. The smallest absolute Gasteiger partial charge is 0.251 e. The van der Waals surface area contributed by atoms with Crippen LogP contribution in [-0.4, -0.2) is 43.5 Å². The molecule has 2 aliphatic rings. The molecule has 1 fully saturated rings. The third-order valence-corrected chi connectivity index (χ3v) is 5.34. The highest BCUT2D eigenvalue weighted by atomic mass is 19.1. The Morgan fingerprint density at radius 2 is 2.23 bits per heavy atom. The second kappa shape index (κ2) is 7.99. The highest BCUT2D eigenvalue weighted by molar-refractivity contribution is 5.94. The van der Waals surface area contributed by atoms with Crippen molar-refractivity contribution in [1.82, 2.24) is 10.2 Å². The summed E-state index contributed by atoms with van der Waals surface area (Å²) in [6.45, 7) is 1.46. The predicted octanol–water partition coefficient (Wildman–Crippen LogP) is 2.88. The summed E-state index contributed by atoms with van der Waals surface area (Å²) in [5.74, 6) is -0.602. The van der Waals surface area contributed by atoms with Crippen molar-refractivity contribution >= 4 is 11.8 Å². The van der Waals surface area contributed by atoms with Crippen molar-refractivity contribution in [3.8, 4) is 0 Å². The van der Waals surface area contributed by atoms with Crippen molar-refractivity contribution in [3.63, 3.8) is 0 Å². The first-order chi connectivity index (χ1) is 12.6. The monoisotopic (exact) mass is 360 g/mol. The fourth-order valence-corrected chi connectivity index (χ4v) is 3.97. The van der Waals surface area contributed by atoms with Crippen LogP contribution in [0.25, 0.3) is 0 Å². The number of carbonyl (C=O) groups is 2. The van der Waals surface area contributed by atoms with Crippen LogP contribution < -0.4 is 5.32 Å². The Hall–Kier alpha value is -2.21. The molecular formula is C20H25FN2O3. The number of rotatable bonds is 6. The molecular weight excluding hydrogens is 335 g/mol. The number of nitrogens with zero attached hydrogens (tertiary/aromatic N) is 1. The summed E-state index contributed by atoms with van der Waals surface area (Å²) in [5, 5.41) is 2.96. The number of likely N-dealkylation sites (tertiary alicyclic amines) is 1. The number of carbonyl (C=O) groups excluding carboxylic acids is 2.